The highest BCUT2D eigenvalue weighted by Crippen LogP contribution is 2.43. The maximum Gasteiger partial charge on any atom is 0.220 e. The van der Waals surface area contributed by atoms with Gasteiger partial charge < -0.3 is 0 Å². The van der Waals surface area contributed by atoms with Crippen LogP contribution in [0.1, 0.15) is 5.56 Å². The number of nitrogens with zero attached hydrogens (tertiary/aromatic N) is 3. The molecule has 0 saturated heterocycles. The molecule has 43 heavy (non-hydrogen) atoms. The van der Waals surface area contributed by atoms with Crippen LogP contribution in [0.5, 0.6) is 0 Å². The Hall–Kier alpha value is -5.67. The lowest BCUT2D eigenvalue weighted by molar-refractivity contribution is 1.22. The predicted molar refractivity (Wildman–Crippen MR) is 180 cm³/mol. The minimum absolute atomic E-state index is 0.959. The van der Waals surface area contributed by atoms with E-state index < -0.39 is 0 Å². The van der Waals surface area contributed by atoms with Crippen molar-refractivity contribution in [3.05, 3.63) is 139 Å². The number of hydrogen-bond acceptors (Lipinski definition) is 1. The average molecular weight is 548 g/mol. The fourth-order valence-corrected chi connectivity index (χ4v) is 7.25. The monoisotopic (exact) mass is 547 g/mol. The normalized spacial score (nSPS) is 12.3. The van der Waals surface area contributed by atoms with E-state index in [9.17, 15) is 0 Å². The molecule has 3 aromatic heterocycles. The van der Waals surface area contributed by atoms with E-state index >= 15 is 0 Å². The van der Waals surface area contributed by atoms with Gasteiger partial charge in [0.05, 0.1) is 27.6 Å². The average Bonchev–Trinajstić information content (AvgIpc) is 3.68. The van der Waals surface area contributed by atoms with Crippen molar-refractivity contribution in [2.45, 2.75) is 6.92 Å². The molecule has 3 nitrogen and oxygen atoms in total. The van der Waals surface area contributed by atoms with Crippen LogP contribution in [0.4, 0.5) is 0 Å². The molecule has 3 heterocycles. The Kier molecular flexibility index (Phi) is 4.38. The van der Waals surface area contributed by atoms with E-state index in [0.717, 1.165) is 16.8 Å². The standard InChI is InChI=1S/C40H25N3/c1-24-15-16-31(25-9-3-2-4-10-25)32(17-24)30-19-34-33-18-26-11-5-7-13-28(26)21-36(33)43-39(34)38(23-30)42-37-22-29-14-8-6-12-27(29)20-35(37)41-40(42)43/h2-23H,1H3. The van der Waals surface area contributed by atoms with Crippen LogP contribution < -0.4 is 0 Å². The molecule has 7 aromatic carbocycles. The molecule has 0 aliphatic rings. The first kappa shape index (κ1) is 23.0. The highest BCUT2D eigenvalue weighted by molar-refractivity contribution is 6.20. The van der Waals surface area contributed by atoms with E-state index in [1.807, 2.05) is 0 Å². The zero-order valence-corrected chi connectivity index (χ0v) is 23.5. The van der Waals surface area contributed by atoms with Crippen LogP contribution in [0, 0.1) is 6.92 Å². The smallest absolute Gasteiger partial charge is 0.220 e. The van der Waals surface area contributed by atoms with Crippen molar-refractivity contribution in [2.24, 2.45) is 0 Å². The SMILES string of the molecule is Cc1ccc(-c2ccccc2)c(-c2cc3c4cc5ccccc5cc4n4c3c(c2)n2c3cc5ccccc5cc3nc24)c1. The van der Waals surface area contributed by atoms with E-state index in [-0.39, 0.29) is 0 Å². The molecule has 0 fully saturated rings. The molecular weight excluding hydrogens is 522 g/mol. The summed E-state index contributed by atoms with van der Waals surface area (Å²) in [6.07, 6.45) is 0. The zero-order chi connectivity index (χ0) is 28.2. The lowest BCUT2D eigenvalue weighted by Gasteiger charge is -2.12. The summed E-state index contributed by atoms with van der Waals surface area (Å²) in [5.74, 6) is 0.959. The third-order valence-corrected chi connectivity index (χ3v) is 9.22. The molecule has 0 unspecified atom stereocenters. The molecule has 0 atom stereocenters. The molecule has 0 radical (unpaired) electrons. The number of rotatable bonds is 2. The van der Waals surface area contributed by atoms with Gasteiger partial charge in [-0.3, -0.25) is 8.80 Å². The lowest BCUT2D eigenvalue weighted by Crippen LogP contribution is -1.89. The zero-order valence-electron chi connectivity index (χ0n) is 23.5. The Balaban J connectivity index is 1.42. The first-order valence-corrected chi connectivity index (χ1v) is 14.8. The van der Waals surface area contributed by atoms with Gasteiger partial charge in [-0.15, -0.1) is 0 Å². The molecule has 0 spiro atoms. The molecule has 0 N–H and O–H groups in total. The molecule has 3 heteroatoms. The summed E-state index contributed by atoms with van der Waals surface area (Å²) >= 11 is 0. The van der Waals surface area contributed by atoms with Crippen molar-refractivity contribution in [3.63, 3.8) is 0 Å². The summed E-state index contributed by atoms with van der Waals surface area (Å²) in [5.41, 5.74) is 11.9. The van der Waals surface area contributed by atoms with Gasteiger partial charge in [0.2, 0.25) is 5.78 Å². The van der Waals surface area contributed by atoms with Gasteiger partial charge in [-0.2, -0.15) is 0 Å². The summed E-state index contributed by atoms with van der Waals surface area (Å²) in [6, 6.07) is 48.8. The lowest BCUT2D eigenvalue weighted by atomic mass is 9.92. The van der Waals surface area contributed by atoms with E-state index in [4.69, 9.17) is 4.98 Å². The van der Waals surface area contributed by atoms with E-state index in [0.29, 0.717) is 0 Å². The fraction of sp³-hybridized carbons (Fsp3) is 0.0250. The van der Waals surface area contributed by atoms with Crippen LogP contribution in [0.3, 0.4) is 0 Å². The molecule has 0 aliphatic carbocycles. The largest absolute Gasteiger partial charge is 0.277 e. The second-order valence-electron chi connectivity index (χ2n) is 11.8. The summed E-state index contributed by atoms with van der Waals surface area (Å²) in [7, 11) is 0. The molecular formula is C40H25N3. The minimum Gasteiger partial charge on any atom is -0.277 e. The van der Waals surface area contributed by atoms with Crippen LogP contribution in [-0.4, -0.2) is 13.8 Å². The summed E-state index contributed by atoms with van der Waals surface area (Å²) in [5, 5.41) is 7.44. The Bertz CT molecular complexity index is 2730. The highest BCUT2D eigenvalue weighted by atomic mass is 15.2. The van der Waals surface area contributed by atoms with Gasteiger partial charge in [0.25, 0.3) is 0 Å². The van der Waals surface area contributed by atoms with Gasteiger partial charge in [0.15, 0.2) is 0 Å². The van der Waals surface area contributed by atoms with Crippen LogP contribution in [0.25, 0.3) is 87.9 Å². The Morgan fingerprint density at radius 2 is 1.14 bits per heavy atom. The van der Waals surface area contributed by atoms with Crippen molar-refractivity contribution in [3.8, 4) is 22.3 Å². The number of aryl methyl sites for hydroxylation is 1. The third-order valence-electron chi connectivity index (χ3n) is 9.22. The first-order valence-electron chi connectivity index (χ1n) is 14.8. The predicted octanol–water partition coefficient (Wildman–Crippen LogP) is 10.4. The van der Waals surface area contributed by atoms with Gasteiger partial charge in [-0.25, -0.2) is 4.98 Å². The van der Waals surface area contributed by atoms with Gasteiger partial charge in [0.1, 0.15) is 0 Å². The number of imidazole rings is 2. The topological polar surface area (TPSA) is 21.7 Å². The van der Waals surface area contributed by atoms with Crippen molar-refractivity contribution in [1.82, 2.24) is 13.8 Å². The fourth-order valence-electron chi connectivity index (χ4n) is 7.25. The van der Waals surface area contributed by atoms with Gasteiger partial charge in [-0.05, 0) is 87.1 Å². The first-order chi connectivity index (χ1) is 21.2. The van der Waals surface area contributed by atoms with Crippen molar-refractivity contribution < 1.29 is 0 Å². The molecule has 10 aromatic rings. The second-order valence-corrected chi connectivity index (χ2v) is 11.8. The van der Waals surface area contributed by atoms with Gasteiger partial charge >= 0.3 is 0 Å². The maximum atomic E-state index is 5.29. The number of benzene rings is 7. The van der Waals surface area contributed by atoms with Crippen molar-refractivity contribution in [1.29, 1.82) is 0 Å². The van der Waals surface area contributed by atoms with Crippen molar-refractivity contribution in [2.75, 3.05) is 0 Å². The quantitative estimate of drug-likeness (QED) is 0.211. The molecule has 0 amide bonds. The number of hydrogen-bond donors (Lipinski definition) is 0. The molecule has 0 bridgehead atoms. The number of aromatic nitrogens is 3. The van der Waals surface area contributed by atoms with E-state index in [1.165, 1.54) is 76.7 Å². The van der Waals surface area contributed by atoms with Gasteiger partial charge in [0, 0.05) is 10.8 Å². The summed E-state index contributed by atoms with van der Waals surface area (Å²) in [6.45, 7) is 2.18. The van der Waals surface area contributed by atoms with Gasteiger partial charge in [-0.1, -0.05) is 103 Å². The van der Waals surface area contributed by atoms with E-state index in [2.05, 4.69) is 149 Å². The second kappa shape index (κ2) is 8.21. The van der Waals surface area contributed by atoms with Crippen LogP contribution >= 0.6 is 0 Å². The number of fused-ring (bicyclic) bond motifs is 10. The Labute approximate surface area is 247 Å². The molecule has 0 saturated carbocycles. The molecule has 10 rings (SSSR count). The Morgan fingerprint density at radius 1 is 0.465 bits per heavy atom. The summed E-state index contributed by atoms with van der Waals surface area (Å²) < 4.78 is 4.76. The van der Waals surface area contributed by atoms with Crippen LogP contribution in [-0.2, 0) is 0 Å². The third kappa shape index (κ3) is 3.11. The van der Waals surface area contributed by atoms with E-state index in [1.54, 1.807) is 0 Å². The Morgan fingerprint density at radius 3 is 1.91 bits per heavy atom. The van der Waals surface area contributed by atoms with Crippen LogP contribution in [0.15, 0.2) is 133 Å². The minimum atomic E-state index is 0.959. The maximum absolute atomic E-state index is 5.29. The van der Waals surface area contributed by atoms with Crippen molar-refractivity contribution >= 4 is 65.7 Å². The van der Waals surface area contributed by atoms with Crippen LogP contribution in [0.2, 0.25) is 0 Å². The highest BCUT2D eigenvalue weighted by Gasteiger charge is 2.23. The molecule has 0 aliphatic heterocycles. The molecule has 200 valence electrons. The summed E-state index contributed by atoms with van der Waals surface area (Å²) in [4.78, 5) is 5.29.